The van der Waals surface area contributed by atoms with Crippen LogP contribution in [0.2, 0.25) is 0 Å². The molecule has 2 aromatic carbocycles. The Balaban J connectivity index is 2.30. The van der Waals surface area contributed by atoms with Crippen molar-refractivity contribution in [3.8, 4) is 5.75 Å². The Morgan fingerprint density at radius 2 is 1.95 bits per heavy atom. The van der Waals surface area contributed by atoms with Crippen LogP contribution >= 0.6 is 0 Å². The molecule has 2 aromatic rings. The number of nitrogens with two attached hydrogens (primary N) is 1. The zero-order chi connectivity index (χ0) is 15.4. The number of nitrogen functional groups attached to an aromatic ring is 1. The van der Waals surface area contributed by atoms with Gasteiger partial charge in [-0.15, -0.1) is 0 Å². The fourth-order valence-electron chi connectivity index (χ4n) is 2.26. The highest BCUT2D eigenvalue weighted by Crippen LogP contribution is 2.32. The highest BCUT2D eigenvalue weighted by atomic mass is 16.5. The highest BCUT2D eigenvalue weighted by Gasteiger charge is 2.07. The minimum atomic E-state index is 0.600. The summed E-state index contributed by atoms with van der Waals surface area (Å²) in [6.07, 6.45) is 0. The van der Waals surface area contributed by atoms with E-state index >= 15 is 0 Å². The lowest BCUT2D eigenvalue weighted by Gasteiger charge is -2.18. The third-order valence-corrected chi connectivity index (χ3v) is 3.34. The van der Waals surface area contributed by atoms with E-state index in [0.717, 1.165) is 11.4 Å². The number of nitrogens with one attached hydrogen (secondary N) is 1. The predicted molar refractivity (Wildman–Crippen MR) is 90.8 cm³/mol. The minimum absolute atomic E-state index is 0.600. The van der Waals surface area contributed by atoms with E-state index in [4.69, 9.17) is 10.5 Å². The maximum absolute atomic E-state index is 6.15. The summed E-state index contributed by atoms with van der Waals surface area (Å²) in [5.74, 6) is 0.711. The molecule has 0 fully saturated rings. The number of para-hydroxylation sites is 1. The molecule has 0 radical (unpaired) electrons. The van der Waals surface area contributed by atoms with Gasteiger partial charge in [0.05, 0.1) is 18.0 Å². The van der Waals surface area contributed by atoms with Gasteiger partial charge in [-0.3, -0.25) is 0 Å². The van der Waals surface area contributed by atoms with Crippen molar-refractivity contribution in [3.05, 3.63) is 42.0 Å². The molecule has 0 spiro atoms. The molecule has 0 unspecified atom stereocenters. The second-order valence-corrected chi connectivity index (χ2v) is 5.17. The van der Waals surface area contributed by atoms with E-state index in [1.165, 1.54) is 11.3 Å². The third kappa shape index (κ3) is 3.40. The van der Waals surface area contributed by atoms with Crippen LogP contribution in [0.1, 0.15) is 12.5 Å². The smallest absolute Gasteiger partial charge is 0.144 e. The normalized spacial score (nSPS) is 10.3. The van der Waals surface area contributed by atoms with Gasteiger partial charge in [0.25, 0.3) is 0 Å². The summed E-state index contributed by atoms with van der Waals surface area (Å²) >= 11 is 0. The first kappa shape index (κ1) is 15.0. The fourth-order valence-corrected chi connectivity index (χ4v) is 2.26. The molecule has 0 bridgehead atoms. The van der Waals surface area contributed by atoms with Crippen molar-refractivity contribution < 1.29 is 4.74 Å². The first-order chi connectivity index (χ1) is 10.0. The van der Waals surface area contributed by atoms with Crippen LogP contribution in [0.4, 0.5) is 22.7 Å². The number of nitrogens with zero attached hydrogens (tertiary/aromatic N) is 1. The van der Waals surface area contributed by atoms with E-state index in [0.29, 0.717) is 18.0 Å². The van der Waals surface area contributed by atoms with Crippen molar-refractivity contribution in [2.45, 2.75) is 13.8 Å². The van der Waals surface area contributed by atoms with Crippen LogP contribution in [0.3, 0.4) is 0 Å². The highest BCUT2D eigenvalue weighted by molar-refractivity contribution is 5.78. The molecule has 21 heavy (non-hydrogen) atoms. The maximum atomic E-state index is 6.15. The summed E-state index contributed by atoms with van der Waals surface area (Å²) in [7, 11) is 4.08. The second kappa shape index (κ2) is 6.39. The summed E-state index contributed by atoms with van der Waals surface area (Å²) in [6, 6.07) is 12.0. The summed E-state index contributed by atoms with van der Waals surface area (Å²) in [6.45, 7) is 4.65. The number of aryl methyl sites for hydroxylation is 1. The molecular weight excluding hydrogens is 262 g/mol. The average Bonchev–Trinajstić information content (AvgIpc) is 2.45. The number of ether oxygens (including phenoxy) is 1. The van der Waals surface area contributed by atoms with Gasteiger partial charge in [0, 0.05) is 25.5 Å². The first-order valence-electron chi connectivity index (χ1n) is 7.09. The van der Waals surface area contributed by atoms with E-state index < -0.39 is 0 Å². The number of hydrogen-bond donors (Lipinski definition) is 2. The van der Waals surface area contributed by atoms with Crippen LogP contribution in [-0.2, 0) is 0 Å². The molecular formula is C17H23N3O. The summed E-state index contributed by atoms with van der Waals surface area (Å²) in [4.78, 5) is 2.10. The van der Waals surface area contributed by atoms with Gasteiger partial charge in [0.2, 0.25) is 0 Å². The number of hydrogen-bond acceptors (Lipinski definition) is 4. The topological polar surface area (TPSA) is 50.5 Å². The van der Waals surface area contributed by atoms with E-state index in [9.17, 15) is 0 Å². The lowest BCUT2D eigenvalue weighted by Crippen LogP contribution is -2.10. The zero-order valence-electron chi connectivity index (χ0n) is 13.1. The Morgan fingerprint density at radius 1 is 1.19 bits per heavy atom. The van der Waals surface area contributed by atoms with Crippen molar-refractivity contribution in [2.24, 2.45) is 0 Å². The molecule has 0 saturated carbocycles. The maximum Gasteiger partial charge on any atom is 0.144 e. The van der Waals surface area contributed by atoms with Crippen LogP contribution < -0.4 is 20.7 Å². The first-order valence-corrected chi connectivity index (χ1v) is 7.09. The molecule has 2 rings (SSSR count). The Bertz CT molecular complexity index is 623. The van der Waals surface area contributed by atoms with Gasteiger partial charge < -0.3 is 20.7 Å². The molecule has 0 amide bonds. The van der Waals surface area contributed by atoms with E-state index in [2.05, 4.69) is 35.3 Å². The van der Waals surface area contributed by atoms with E-state index in [1.807, 2.05) is 39.2 Å². The molecule has 0 heterocycles. The lowest BCUT2D eigenvalue weighted by molar-refractivity contribution is 0.342. The van der Waals surface area contributed by atoms with Crippen molar-refractivity contribution in [2.75, 3.05) is 36.7 Å². The van der Waals surface area contributed by atoms with E-state index in [-0.39, 0.29) is 0 Å². The SMILES string of the molecule is CCOc1cccc(Nc2ccc(C)c(N(C)C)c2)c1N. The Morgan fingerprint density at radius 3 is 2.62 bits per heavy atom. The van der Waals surface area contributed by atoms with Crippen LogP contribution in [0.15, 0.2) is 36.4 Å². The van der Waals surface area contributed by atoms with Crippen LogP contribution in [-0.4, -0.2) is 20.7 Å². The molecule has 3 N–H and O–H groups in total. The van der Waals surface area contributed by atoms with Gasteiger partial charge in [-0.25, -0.2) is 0 Å². The number of anilines is 4. The molecule has 4 nitrogen and oxygen atoms in total. The van der Waals surface area contributed by atoms with Gasteiger partial charge in [-0.1, -0.05) is 12.1 Å². The summed E-state index contributed by atoms with van der Waals surface area (Å²) < 4.78 is 5.52. The van der Waals surface area contributed by atoms with Crippen LogP contribution in [0.25, 0.3) is 0 Å². The Labute approximate surface area is 126 Å². The molecule has 112 valence electrons. The number of benzene rings is 2. The summed E-state index contributed by atoms with van der Waals surface area (Å²) in [5, 5.41) is 3.36. The van der Waals surface area contributed by atoms with Gasteiger partial charge in [-0.2, -0.15) is 0 Å². The molecule has 0 aliphatic carbocycles. The van der Waals surface area contributed by atoms with Crippen molar-refractivity contribution in [1.82, 2.24) is 0 Å². The van der Waals surface area contributed by atoms with E-state index in [1.54, 1.807) is 0 Å². The molecule has 0 aliphatic rings. The molecule has 0 saturated heterocycles. The van der Waals surface area contributed by atoms with Crippen molar-refractivity contribution in [3.63, 3.8) is 0 Å². The second-order valence-electron chi connectivity index (χ2n) is 5.17. The third-order valence-electron chi connectivity index (χ3n) is 3.34. The minimum Gasteiger partial charge on any atom is -0.492 e. The van der Waals surface area contributed by atoms with Crippen LogP contribution in [0, 0.1) is 6.92 Å². The Hall–Kier alpha value is -2.36. The Kier molecular flexibility index (Phi) is 4.58. The van der Waals surface area contributed by atoms with Crippen LogP contribution in [0.5, 0.6) is 5.75 Å². The van der Waals surface area contributed by atoms with Gasteiger partial charge >= 0.3 is 0 Å². The molecule has 0 aliphatic heterocycles. The predicted octanol–water partition coefficient (Wildman–Crippen LogP) is 3.79. The largest absolute Gasteiger partial charge is 0.492 e. The van der Waals surface area contributed by atoms with Crippen molar-refractivity contribution in [1.29, 1.82) is 0 Å². The zero-order valence-corrected chi connectivity index (χ0v) is 13.1. The lowest BCUT2D eigenvalue weighted by atomic mass is 10.1. The standard InChI is InChI=1S/C17H23N3O/c1-5-21-16-8-6-7-14(17(16)18)19-13-10-9-12(2)15(11-13)20(3)4/h6-11,19H,5,18H2,1-4H3. The molecule has 0 aromatic heterocycles. The molecule has 0 atom stereocenters. The van der Waals surface area contributed by atoms with Crippen molar-refractivity contribution >= 4 is 22.7 Å². The van der Waals surface area contributed by atoms with Gasteiger partial charge in [0.15, 0.2) is 0 Å². The quantitative estimate of drug-likeness (QED) is 0.821. The van der Waals surface area contributed by atoms with Gasteiger partial charge in [0.1, 0.15) is 5.75 Å². The summed E-state index contributed by atoms with van der Waals surface area (Å²) in [5.41, 5.74) is 11.1. The number of rotatable bonds is 5. The fraction of sp³-hybridized carbons (Fsp3) is 0.294. The monoisotopic (exact) mass is 285 g/mol. The molecule has 4 heteroatoms. The van der Waals surface area contributed by atoms with Gasteiger partial charge in [-0.05, 0) is 43.7 Å². The average molecular weight is 285 g/mol.